The molecule has 3 rings (SSSR count). The van der Waals surface area contributed by atoms with E-state index in [0.29, 0.717) is 11.3 Å². The van der Waals surface area contributed by atoms with Crippen LogP contribution in [-0.2, 0) is 9.59 Å². The van der Waals surface area contributed by atoms with Gasteiger partial charge < -0.3 is 0 Å². The van der Waals surface area contributed by atoms with E-state index in [1.807, 2.05) is 24.3 Å². The molecule has 0 fully saturated rings. The van der Waals surface area contributed by atoms with E-state index < -0.39 is 0 Å². The van der Waals surface area contributed by atoms with Crippen LogP contribution in [0.25, 0.3) is 6.08 Å². The number of benzene rings is 2. The van der Waals surface area contributed by atoms with E-state index in [9.17, 15) is 14.4 Å². The van der Waals surface area contributed by atoms with Crippen LogP contribution in [0.1, 0.15) is 15.9 Å². The fourth-order valence-electron chi connectivity index (χ4n) is 2.30. The summed E-state index contributed by atoms with van der Waals surface area (Å²) in [6.45, 7) is 0. The number of ketones is 1. The second-order valence-electron chi connectivity index (χ2n) is 5.11. The SMILES string of the molecule is O=C(C=Cc1ccccc1Br)c1ccc(N2C(=O)C=CC2=O)cc1. The Morgan fingerprint density at radius 1 is 0.917 bits per heavy atom. The van der Waals surface area contributed by atoms with Gasteiger partial charge in [-0.25, -0.2) is 4.90 Å². The van der Waals surface area contributed by atoms with Crippen molar-refractivity contribution < 1.29 is 14.4 Å². The van der Waals surface area contributed by atoms with E-state index in [2.05, 4.69) is 15.9 Å². The third kappa shape index (κ3) is 3.26. The summed E-state index contributed by atoms with van der Waals surface area (Å²) in [6, 6.07) is 14.0. The van der Waals surface area contributed by atoms with Gasteiger partial charge >= 0.3 is 0 Å². The van der Waals surface area contributed by atoms with Crippen LogP contribution >= 0.6 is 15.9 Å². The molecule has 0 aliphatic carbocycles. The highest BCUT2D eigenvalue weighted by Gasteiger charge is 2.24. The van der Waals surface area contributed by atoms with Crippen molar-refractivity contribution in [3.05, 3.63) is 82.4 Å². The van der Waals surface area contributed by atoms with E-state index in [-0.39, 0.29) is 17.6 Å². The Hall–Kier alpha value is -2.79. The van der Waals surface area contributed by atoms with Crippen LogP contribution < -0.4 is 4.90 Å². The monoisotopic (exact) mass is 381 g/mol. The molecule has 118 valence electrons. The van der Waals surface area contributed by atoms with Crippen molar-refractivity contribution >= 4 is 45.3 Å². The molecule has 2 amide bonds. The Morgan fingerprint density at radius 2 is 1.54 bits per heavy atom. The predicted molar refractivity (Wildman–Crippen MR) is 95.6 cm³/mol. The second-order valence-corrected chi connectivity index (χ2v) is 5.97. The fraction of sp³-hybridized carbons (Fsp3) is 0. The molecular weight excluding hydrogens is 370 g/mol. The van der Waals surface area contributed by atoms with E-state index in [4.69, 9.17) is 0 Å². The lowest BCUT2D eigenvalue weighted by Crippen LogP contribution is -2.29. The first kappa shape index (κ1) is 16.1. The van der Waals surface area contributed by atoms with Crippen molar-refractivity contribution in [2.75, 3.05) is 4.90 Å². The Kier molecular flexibility index (Phi) is 4.53. The topological polar surface area (TPSA) is 54.5 Å². The summed E-state index contributed by atoms with van der Waals surface area (Å²) < 4.78 is 0.906. The predicted octanol–water partition coefficient (Wildman–Crippen LogP) is 3.77. The molecule has 0 atom stereocenters. The molecule has 4 nitrogen and oxygen atoms in total. The number of hydrogen-bond acceptors (Lipinski definition) is 3. The van der Waals surface area contributed by atoms with Crippen molar-refractivity contribution in [1.82, 2.24) is 0 Å². The van der Waals surface area contributed by atoms with Crippen molar-refractivity contribution in [1.29, 1.82) is 0 Å². The largest absolute Gasteiger partial charge is 0.289 e. The zero-order valence-corrected chi connectivity index (χ0v) is 14.1. The fourth-order valence-corrected chi connectivity index (χ4v) is 2.72. The maximum atomic E-state index is 12.2. The van der Waals surface area contributed by atoms with Gasteiger partial charge in [0.1, 0.15) is 0 Å². The molecule has 2 aromatic rings. The minimum atomic E-state index is -0.382. The molecule has 1 aliphatic heterocycles. The van der Waals surface area contributed by atoms with E-state index in [1.165, 1.54) is 18.2 Å². The van der Waals surface area contributed by atoms with Crippen LogP contribution in [0, 0.1) is 0 Å². The maximum Gasteiger partial charge on any atom is 0.258 e. The molecule has 5 heteroatoms. The molecule has 0 saturated heterocycles. The summed E-state index contributed by atoms with van der Waals surface area (Å²) in [4.78, 5) is 36.6. The molecule has 1 heterocycles. The second kappa shape index (κ2) is 6.76. The summed E-state index contributed by atoms with van der Waals surface area (Å²) in [7, 11) is 0. The van der Waals surface area contributed by atoms with Gasteiger partial charge in [0, 0.05) is 22.2 Å². The summed E-state index contributed by atoms with van der Waals surface area (Å²) in [5.41, 5.74) is 1.83. The van der Waals surface area contributed by atoms with Gasteiger partial charge in [-0.1, -0.05) is 34.1 Å². The molecule has 0 aromatic heterocycles. The average Bonchev–Trinajstić information content (AvgIpc) is 2.93. The Balaban J connectivity index is 1.76. The van der Waals surface area contributed by atoms with Crippen LogP contribution in [0.2, 0.25) is 0 Å². The average molecular weight is 382 g/mol. The lowest BCUT2D eigenvalue weighted by atomic mass is 10.1. The number of carbonyl (C=O) groups is 3. The van der Waals surface area contributed by atoms with Crippen LogP contribution in [0.5, 0.6) is 0 Å². The first-order valence-electron chi connectivity index (χ1n) is 7.19. The van der Waals surface area contributed by atoms with E-state index in [0.717, 1.165) is 14.9 Å². The number of amides is 2. The molecular formula is C19H12BrNO3. The highest BCUT2D eigenvalue weighted by molar-refractivity contribution is 9.10. The van der Waals surface area contributed by atoms with Crippen LogP contribution in [0.3, 0.4) is 0 Å². The number of hydrogen-bond donors (Lipinski definition) is 0. The minimum Gasteiger partial charge on any atom is -0.289 e. The maximum absolute atomic E-state index is 12.2. The van der Waals surface area contributed by atoms with Crippen LogP contribution in [-0.4, -0.2) is 17.6 Å². The van der Waals surface area contributed by atoms with Gasteiger partial charge in [0.05, 0.1) is 5.69 Å². The smallest absolute Gasteiger partial charge is 0.258 e. The number of halogens is 1. The number of anilines is 1. The van der Waals surface area contributed by atoms with Crippen molar-refractivity contribution in [2.45, 2.75) is 0 Å². The lowest BCUT2D eigenvalue weighted by molar-refractivity contribution is -0.119. The summed E-state index contributed by atoms with van der Waals surface area (Å²) >= 11 is 3.42. The zero-order chi connectivity index (χ0) is 17.1. The third-order valence-corrected chi connectivity index (χ3v) is 4.26. The van der Waals surface area contributed by atoms with Gasteiger partial charge in [0.25, 0.3) is 11.8 Å². The first-order chi connectivity index (χ1) is 11.6. The van der Waals surface area contributed by atoms with Crippen molar-refractivity contribution in [2.24, 2.45) is 0 Å². The highest BCUT2D eigenvalue weighted by atomic mass is 79.9. The molecule has 0 spiro atoms. The molecule has 0 N–H and O–H groups in total. The first-order valence-corrected chi connectivity index (χ1v) is 7.99. The van der Waals surface area contributed by atoms with Crippen LogP contribution in [0.4, 0.5) is 5.69 Å². The number of imide groups is 1. The number of allylic oxidation sites excluding steroid dienone is 1. The van der Waals surface area contributed by atoms with Gasteiger partial charge in [0.2, 0.25) is 0 Å². The lowest BCUT2D eigenvalue weighted by Gasteiger charge is -2.13. The zero-order valence-electron chi connectivity index (χ0n) is 12.5. The highest BCUT2D eigenvalue weighted by Crippen LogP contribution is 2.21. The summed E-state index contributed by atoms with van der Waals surface area (Å²) in [5.74, 6) is -0.921. The normalized spacial score (nSPS) is 14.0. The third-order valence-electron chi connectivity index (χ3n) is 3.54. The number of carbonyl (C=O) groups excluding carboxylic acids is 3. The molecule has 0 radical (unpaired) electrons. The molecule has 0 unspecified atom stereocenters. The summed E-state index contributed by atoms with van der Waals surface area (Å²) in [5, 5.41) is 0. The molecule has 0 bridgehead atoms. The van der Waals surface area contributed by atoms with E-state index in [1.54, 1.807) is 30.3 Å². The Morgan fingerprint density at radius 3 is 2.17 bits per heavy atom. The van der Waals surface area contributed by atoms with E-state index >= 15 is 0 Å². The molecule has 24 heavy (non-hydrogen) atoms. The Bertz CT molecular complexity index is 864. The Labute approximate surface area is 147 Å². The molecule has 2 aromatic carbocycles. The number of nitrogens with zero attached hydrogens (tertiary/aromatic N) is 1. The number of rotatable bonds is 4. The van der Waals surface area contributed by atoms with Gasteiger partial charge in [-0.15, -0.1) is 0 Å². The van der Waals surface area contributed by atoms with Crippen molar-refractivity contribution in [3.63, 3.8) is 0 Å². The molecule has 1 aliphatic rings. The minimum absolute atomic E-state index is 0.158. The quantitative estimate of drug-likeness (QED) is 0.460. The van der Waals surface area contributed by atoms with Gasteiger partial charge in [0.15, 0.2) is 5.78 Å². The van der Waals surface area contributed by atoms with Gasteiger partial charge in [-0.2, -0.15) is 0 Å². The van der Waals surface area contributed by atoms with Crippen LogP contribution in [0.15, 0.2) is 71.2 Å². The van der Waals surface area contributed by atoms with Gasteiger partial charge in [-0.05, 0) is 48.0 Å². The summed E-state index contributed by atoms with van der Waals surface area (Å²) in [6.07, 6.45) is 5.67. The van der Waals surface area contributed by atoms with Crippen molar-refractivity contribution in [3.8, 4) is 0 Å². The standard InChI is InChI=1S/C19H12BrNO3/c20-16-4-2-1-3-13(16)7-10-17(22)14-5-8-15(9-6-14)21-18(23)11-12-19(21)24/h1-12H. The molecule has 0 saturated carbocycles. The van der Waals surface area contributed by atoms with Gasteiger partial charge in [-0.3, -0.25) is 14.4 Å².